The quantitative estimate of drug-likeness (QED) is 0.200. The van der Waals surface area contributed by atoms with E-state index in [1.54, 1.807) is 0 Å². The second-order valence-corrected chi connectivity index (χ2v) is 12.8. The minimum Gasteiger partial charge on any atom is -0.340 e. The maximum Gasteiger partial charge on any atom is 0.133 e. The van der Waals surface area contributed by atoms with Gasteiger partial charge in [0.2, 0.25) is 0 Å². The number of aromatic nitrogens is 2. The summed E-state index contributed by atoms with van der Waals surface area (Å²) in [6, 6.07) is 62.5. The van der Waals surface area contributed by atoms with E-state index in [0.717, 1.165) is 45.1 Å². The average molecular weight is 641 g/mol. The maximum atomic E-state index is 5.39. The number of aliphatic imine (C=N–C) groups is 1. The zero-order valence-electron chi connectivity index (χ0n) is 27.2. The number of hydrogen-bond donors (Lipinski definition) is 1. The first-order chi connectivity index (χ1) is 24.8. The summed E-state index contributed by atoms with van der Waals surface area (Å²) in [5.74, 6) is 0.866. The van der Waals surface area contributed by atoms with E-state index in [1.807, 2.05) is 6.07 Å². The summed E-state index contributed by atoms with van der Waals surface area (Å²) in [5, 5.41) is 8.59. The van der Waals surface area contributed by atoms with Crippen LogP contribution in [0.4, 0.5) is 0 Å². The van der Waals surface area contributed by atoms with Gasteiger partial charge in [0, 0.05) is 49.7 Å². The second kappa shape index (κ2) is 11.5. The topological polar surface area (TPSA) is 34.2 Å². The highest BCUT2D eigenvalue weighted by atomic mass is 15.1. The lowest BCUT2D eigenvalue weighted by molar-refractivity contribution is 0.882. The van der Waals surface area contributed by atoms with Crippen LogP contribution in [0.5, 0.6) is 0 Å². The van der Waals surface area contributed by atoms with Gasteiger partial charge in [-0.05, 0) is 54.1 Å². The minimum absolute atomic E-state index is 0.214. The Kier molecular flexibility index (Phi) is 6.53. The van der Waals surface area contributed by atoms with Gasteiger partial charge in [0.1, 0.15) is 5.84 Å². The molecule has 0 saturated heterocycles. The van der Waals surface area contributed by atoms with Crippen molar-refractivity contribution in [2.24, 2.45) is 4.99 Å². The molecule has 0 radical (unpaired) electrons. The summed E-state index contributed by atoms with van der Waals surface area (Å²) in [6.07, 6.45) is 2.27. The number of hydrogen-bond acceptors (Lipinski definition) is 2. The lowest BCUT2D eigenvalue weighted by atomic mass is 9.98. The fourth-order valence-electron chi connectivity index (χ4n) is 7.73. The molecular weight excluding hydrogens is 609 g/mol. The molecule has 0 bridgehead atoms. The molecule has 0 amide bonds. The third-order valence-corrected chi connectivity index (χ3v) is 9.95. The van der Waals surface area contributed by atoms with Crippen LogP contribution in [0.2, 0.25) is 0 Å². The minimum atomic E-state index is -0.214. The standard InChI is InChI=1S/C46H32N4/c1-4-15-31(16-5-1)40-30-41(48-46(47-40)32-17-6-2-7-18-32)38-24-14-23-37-39-29-34(27-28-44(39)50(45(37)38)33-19-8-3-9-20-33)49-42-25-12-10-21-35(42)36-22-11-13-26-43(36)49/h1-30,41H,(H,47,48). The highest BCUT2D eigenvalue weighted by Gasteiger charge is 2.24. The Balaban J connectivity index is 1.25. The Morgan fingerprint density at radius 2 is 1.02 bits per heavy atom. The van der Waals surface area contributed by atoms with Crippen LogP contribution in [0.1, 0.15) is 22.7 Å². The van der Waals surface area contributed by atoms with Crippen LogP contribution in [0, 0.1) is 0 Å². The Morgan fingerprint density at radius 1 is 0.440 bits per heavy atom. The molecule has 1 atom stereocenters. The van der Waals surface area contributed by atoms with Gasteiger partial charge >= 0.3 is 0 Å². The molecule has 1 unspecified atom stereocenters. The van der Waals surface area contributed by atoms with Crippen LogP contribution in [0.3, 0.4) is 0 Å². The summed E-state index contributed by atoms with van der Waals surface area (Å²) in [5.41, 5.74) is 11.4. The number of rotatable bonds is 5. The lowest BCUT2D eigenvalue weighted by Crippen LogP contribution is -2.27. The van der Waals surface area contributed by atoms with Gasteiger partial charge < -0.3 is 14.5 Å². The first-order valence-electron chi connectivity index (χ1n) is 17.1. The Morgan fingerprint density at radius 3 is 1.72 bits per heavy atom. The van der Waals surface area contributed by atoms with E-state index in [9.17, 15) is 0 Å². The van der Waals surface area contributed by atoms with Gasteiger partial charge in [-0.25, -0.2) is 0 Å². The molecule has 0 saturated carbocycles. The van der Waals surface area contributed by atoms with E-state index in [4.69, 9.17) is 4.99 Å². The van der Waals surface area contributed by atoms with Crippen LogP contribution in [-0.2, 0) is 0 Å². The molecule has 50 heavy (non-hydrogen) atoms. The van der Waals surface area contributed by atoms with Gasteiger partial charge in [-0.3, -0.25) is 4.99 Å². The van der Waals surface area contributed by atoms with Crippen molar-refractivity contribution in [3.05, 3.63) is 199 Å². The average Bonchev–Trinajstić information content (AvgIpc) is 3.71. The Hall–Kier alpha value is -6.65. The first kappa shape index (κ1) is 28.4. The zero-order chi connectivity index (χ0) is 33.0. The second-order valence-electron chi connectivity index (χ2n) is 12.8. The van der Waals surface area contributed by atoms with Crippen molar-refractivity contribution >= 4 is 55.1 Å². The van der Waals surface area contributed by atoms with Gasteiger partial charge in [0.05, 0.1) is 28.1 Å². The van der Waals surface area contributed by atoms with Gasteiger partial charge in [0.25, 0.3) is 0 Å². The highest BCUT2D eigenvalue weighted by Crippen LogP contribution is 2.41. The lowest BCUT2D eigenvalue weighted by Gasteiger charge is -2.24. The number of nitrogens with one attached hydrogen (secondary N) is 1. The smallest absolute Gasteiger partial charge is 0.133 e. The molecule has 1 aliphatic rings. The summed E-state index contributed by atoms with van der Waals surface area (Å²) in [7, 11) is 0. The molecular formula is C46H32N4. The number of amidine groups is 1. The molecule has 236 valence electrons. The van der Waals surface area contributed by atoms with Gasteiger partial charge in [0.15, 0.2) is 0 Å². The molecule has 2 aromatic heterocycles. The number of benzene rings is 7. The Bertz CT molecular complexity index is 2660. The SMILES string of the molecule is C1=C(c2ccccc2)NC(c2ccccc2)=NC1c1cccc2c3cc(-n4c5ccccc5c5ccccc54)ccc3n(-c3ccccc3)c12. The van der Waals surface area contributed by atoms with E-state index in [2.05, 4.69) is 190 Å². The van der Waals surface area contributed by atoms with Crippen LogP contribution < -0.4 is 5.32 Å². The van der Waals surface area contributed by atoms with Crippen molar-refractivity contribution in [2.75, 3.05) is 0 Å². The monoisotopic (exact) mass is 640 g/mol. The van der Waals surface area contributed by atoms with Crippen molar-refractivity contribution < 1.29 is 0 Å². The normalized spacial score (nSPS) is 14.6. The molecule has 0 aliphatic carbocycles. The van der Waals surface area contributed by atoms with E-state index in [1.165, 1.54) is 38.1 Å². The molecule has 4 nitrogen and oxygen atoms in total. The summed E-state index contributed by atoms with van der Waals surface area (Å²) >= 11 is 0. The van der Waals surface area contributed by atoms with Crippen LogP contribution in [0.25, 0.3) is 60.7 Å². The highest BCUT2D eigenvalue weighted by molar-refractivity contribution is 6.13. The van der Waals surface area contributed by atoms with Crippen molar-refractivity contribution in [2.45, 2.75) is 6.04 Å². The predicted molar refractivity (Wildman–Crippen MR) is 208 cm³/mol. The molecule has 7 aromatic carbocycles. The third kappa shape index (κ3) is 4.50. The number of para-hydroxylation sites is 4. The van der Waals surface area contributed by atoms with E-state index < -0.39 is 0 Å². The molecule has 1 aliphatic heterocycles. The molecule has 9 aromatic rings. The Labute approximate surface area is 289 Å². The van der Waals surface area contributed by atoms with Crippen LogP contribution in [-0.4, -0.2) is 15.0 Å². The van der Waals surface area contributed by atoms with E-state index >= 15 is 0 Å². The fraction of sp³-hybridized carbons (Fsp3) is 0.0217. The predicted octanol–water partition coefficient (Wildman–Crippen LogP) is 11.0. The van der Waals surface area contributed by atoms with Gasteiger partial charge in [-0.2, -0.15) is 0 Å². The van der Waals surface area contributed by atoms with Crippen LogP contribution in [0.15, 0.2) is 187 Å². The molecule has 0 spiro atoms. The van der Waals surface area contributed by atoms with Crippen molar-refractivity contribution in [3.8, 4) is 11.4 Å². The number of fused-ring (bicyclic) bond motifs is 6. The molecule has 3 heterocycles. The van der Waals surface area contributed by atoms with Crippen LogP contribution >= 0.6 is 0 Å². The zero-order valence-corrected chi connectivity index (χ0v) is 27.2. The molecule has 4 heteroatoms. The molecule has 0 fully saturated rings. The maximum absolute atomic E-state index is 5.39. The first-order valence-corrected chi connectivity index (χ1v) is 17.1. The van der Waals surface area contributed by atoms with Crippen molar-refractivity contribution in [3.63, 3.8) is 0 Å². The largest absolute Gasteiger partial charge is 0.340 e. The van der Waals surface area contributed by atoms with E-state index in [-0.39, 0.29) is 6.04 Å². The van der Waals surface area contributed by atoms with Crippen molar-refractivity contribution in [1.82, 2.24) is 14.5 Å². The van der Waals surface area contributed by atoms with Gasteiger partial charge in [-0.1, -0.05) is 133 Å². The van der Waals surface area contributed by atoms with Gasteiger partial charge in [-0.15, -0.1) is 0 Å². The summed E-state index contributed by atoms with van der Waals surface area (Å²) < 4.78 is 4.82. The van der Waals surface area contributed by atoms with E-state index in [0.29, 0.717) is 0 Å². The summed E-state index contributed by atoms with van der Waals surface area (Å²) in [4.78, 5) is 5.39. The fourth-order valence-corrected chi connectivity index (χ4v) is 7.73. The van der Waals surface area contributed by atoms with Crippen molar-refractivity contribution in [1.29, 1.82) is 0 Å². The third-order valence-electron chi connectivity index (χ3n) is 9.95. The summed E-state index contributed by atoms with van der Waals surface area (Å²) in [6.45, 7) is 0. The molecule has 10 rings (SSSR count). The molecule has 1 N–H and O–H groups in total. The number of nitrogens with zero attached hydrogens (tertiary/aromatic N) is 3.